The summed E-state index contributed by atoms with van der Waals surface area (Å²) < 4.78 is 0. The molecule has 0 bridgehead atoms. The summed E-state index contributed by atoms with van der Waals surface area (Å²) in [6, 6.07) is 36.7. The predicted molar refractivity (Wildman–Crippen MR) is 137 cm³/mol. The van der Waals surface area contributed by atoms with Gasteiger partial charge in [-0.15, -0.1) is 0 Å². The summed E-state index contributed by atoms with van der Waals surface area (Å²) in [7, 11) is 0. The third-order valence-electron chi connectivity index (χ3n) is 9.01. The van der Waals surface area contributed by atoms with E-state index in [4.69, 9.17) is 0 Å². The largest absolute Gasteiger partial charge is 0.0716 e. The van der Waals surface area contributed by atoms with E-state index in [2.05, 4.69) is 104 Å². The van der Waals surface area contributed by atoms with Crippen LogP contribution in [-0.4, -0.2) is 0 Å². The molecule has 0 radical (unpaired) electrons. The van der Waals surface area contributed by atoms with Crippen molar-refractivity contribution in [2.45, 2.75) is 49.9 Å². The van der Waals surface area contributed by atoms with E-state index in [1.807, 2.05) is 0 Å². The van der Waals surface area contributed by atoms with E-state index in [-0.39, 0.29) is 5.41 Å². The lowest BCUT2D eigenvalue weighted by Gasteiger charge is -2.36. The molecule has 4 aromatic carbocycles. The fourth-order valence-corrected chi connectivity index (χ4v) is 7.76. The molecule has 0 amide bonds. The summed E-state index contributed by atoms with van der Waals surface area (Å²) in [6.45, 7) is 2.53. The van der Waals surface area contributed by atoms with Gasteiger partial charge in [-0.2, -0.15) is 0 Å². The van der Waals surface area contributed by atoms with Gasteiger partial charge in [-0.05, 0) is 75.1 Å². The zero-order valence-corrected chi connectivity index (χ0v) is 19.3. The first kappa shape index (κ1) is 19.4. The Bertz CT molecular complexity index is 1290. The summed E-state index contributed by atoms with van der Waals surface area (Å²) in [5.41, 5.74) is 11.7. The Balaban J connectivity index is 1.64. The molecule has 3 atom stereocenters. The zero-order valence-electron chi connectivity index (χ0n) is 19.3. The molecule has 162 valence electrons. The lowest BCUT2D eigenvalue weighted by Crippen LogP contribution is -2.30. The minimum atomic E-state index is -0.262. The molecule has 0 N–H and O–H groups in total. The van der Waals surface area contributed by atoms with Gasteiger partial charge in [0.05, 0.1) is 5.41 Å². The summed E-state index contributed by atoms with van der Waals surface area (Å²) >= 11 is 0. The third kappa shape index (κ3) is 2.47. The Morgan fingerprint density at radius 2 is 1.27 bits per heavy atom. The van der Waals surface area contributed by atoms with Crippen LogP contribution < -0.4 is 0 Å². The van der Waals surface area contributed by atoms with Gasteiger partial charge in [0.15, 0.2) is 0 Å². The molecule has 3 aliphatic rings. The average Bonchev–Trinajstić information content (AvgIpc) is 3.36. The van der Waals surface area contributed by atoms with E-state index in [1.54, 1.807) is 16.7 Å². The molecule has 0 heteroatoms. The maximum Gasteiger partial charge on any atom is 0.0716 e. The van der Waals surface area contributed by atoms with Crippen molar-refractivity contribution in [2.75, 3.05) is 0 Å². The molecule has 0 aliphatic heterocycles. The van der Waals surface area contributed by atoms with Crippen LogP contribution in [0.2, 0.25) is 0 Å². The molecule has 1 fully saturated rings. The second kappa shape index (κ2) is 7.19. The molecule has 3 unspecified atom stereocenters. The Labute approximate surface area is 197 Å². The van der Waals surface area contributed by atoms with Crippen LogP contribution in [0, 0.1) is 5.92 Å². The topological polar surface area (TPSA) is 0 Å². The molecule has 0 aromatic heterocycles. The highest BCUT2D eigenvalue weighted by Gasteiger charge is 2.51. The van der Waals surface area contributed by atoms with E-state index in [0.717, 1.165) is 11.8 Å². The fourth-order valence-electron chi connectivity index (χ4n) is 7.76. The lowest BCUT2D eigenvalue weighted by molar-refractivity contribution is 0.298. The summed E-state index contributed by atoms with van der Waals surface area (Å²) in [4.78, 5) is 0. The molecular weight excluding hydrogens is 396 g/mol. The molecule has 0 heterocycles. The Kier molecular flexibility index (Phi) is 4.22. The van der Waals surface area contributed by atoms with Gasteiger partial charge >= 0.3 is 0 Å². The standard InChI is InChI=1S/C33H30/c1-22-25-16-8-9-17-26(25)28-20-21-29-27-18-10-11-19-30(27)33(32(29)31(22)28,23-12-4-2-5-13-23)24-14-6-3-7-15-24/h2-7,10-15,18-22,25-26H,8-9,16-17H2,1H3. The molecule has 4 aromatic rings. The highest BCUT2D eigenvalue weighted by atomic mass is 14.5. The Morgan fingerprint density at radius 3 is 2.00 bits per heavy atom. The maximum atomic E-state index is 2.53. The first-order valence-electron chi connectivity index (χ1n) is 12.7. The van der Waals surface area contributed by atoms with Crippen LogP contribution in [0.15, 0.2) is 97.1 Å². The van der Waals surface area contributed by atoms with Crippen LogP contribution in [0.1, 0.15) is 77.8 Å². The average molecular weight is 427 g/mol. The van der Waals surface area contributed by atoms with E-state index >= 15 is 0 Å². The predicted octanol–water partition coefficient (Wildman–Crippen LogP) is 8.44. The molecule has 1 saturated carbocycles. The highest BCUT2D eigenvalue weighted by molar-refractivity contribution is 5.88. The van der Waals surface area contributed by atoms with Crippen molar-refractivity contribution in [2.24, 2.45) is 5.92 Å². The van der Waals surface area contributed by atoms with E-state index < -0.39 is 0 Å². The second-order valence-corrected chi connectivity index (χ2v) is 10.4. The molecule has 0 saturated heterocycles. The highest BCUT2D eigenvalue weighted by Crippen LogP contribution is 2.63. The van der Waals surface area contributed by atoms with Gasteiger partial charge < -0.3 is 0 Å². The first-order valence-corrected chi connectivity index (χ1v) is 12.7. The molecule has 3 aliphatic carbocycles. The van der Waals surface area contributed by atoms with Crippen molar-refractivity contribution in [3.05, 3.63) is 130 Å². The van der Waals surface area contributed by atoms with Crippen LogP contribution in [-0.2, 0) is 5.41 Å². The number of hydrogen-bond donors (Lipinski definition) is 0. The van der Waals surface area contributed by atoms with Crippen LogP contribution >= 0.6 is 0 Å². The monoisotopic (exact) mass is 426 g/mol. The quantitative estimate of drug-likeness (QED) is 0.266. The minimum absolute atomic E-state index is 0.262. The molecule has 0 spiro atoms. The number of hydrogen-bond acceptors (Lipinski definition) is 0. The molecule has 33 heavy (non-hydrogen) atoms. The van der Waals surface area contributed by atoms with Gasteiger partial charge in [-0.1, -0.05) is 117 Å². The molecule has 0 nitrogen and oxygen atoms in total. The third-order valence-corrected chi connectivity index (χ3v) is 9.01. The van der Waals surface area contributed by atoms with Crippen molar-refractivity contribution < 1.29 is 0 Å². The summed E-state index contributed by atoms with van der Waals surface area (Å²) in [6.07, 6.45) is 5.51. The minimum Gasteiger partial charge on any atom is -0.0622 e. The van der Waals surface area contributed by atoms with Crippen molar-refractivity contribution >= 4 is 0 Å². The van der Waals surface area contributed by atoms with Gasteiger partial charge in [0, 0.05) is 0 Å². The number of benzene rings is 4. The smallest absolute Gasteiger partial charge is 0.0622 e. The van der Waals surface area contributed by atoms with Crippen molar-refractivity contribution in [3.63, 3.8) is 0 Å². The van der Waals surface area contributed by atoms with Gasteiger partial charge in [0.2, 0.25) is 0 Å². The van der Waals surface area contributed by atoms with Crippen molar-refractivity contribution in [1.29, 1.82) is 0 Å². The van der Waals surface area contributed by atoms with Gasteiger partial charge in [-0.3, -0.25) is 0 Å². The SMILES string of the molecule is CC1c2c(ccc3c2C(c2ccccc2)(c2ccccc2)c2ccccc2-3)C2CCCCC12. The zero-order chi connectivity index (χ0) is 22.0. The summed E-state index contributed by atoms with van der Waals surface area (Å²) in [5.74, 6) is 2.15. The van der Waals surface area contributed by atoms with Crippen molar-refractivity contribution in [3.8, 4) is 11.1 Å². The number of fused-ring (bicyclic) bond motifs is 7. The van der Waals surface area contributed by atoms with Crippen LogP contribution in [0.5, 0.6) is 0 Å². The fraction of sp³-hybridized carbons (Fsp3) is 0.273. The second-order valence-electron chi connectivity index (χ2n) is 10.4. The van der Waals surface area contributed by atoms with Gasteiger partial charge in [0.1, 0.15) is 0 Å². The normalized spacial score (nSPS) is 24.0. The van der Waals surface area contributed by atoms with Crippen LogP contribution in [0.25, 0.3) is 11.1 Å². The summed E-state index contributed by atoms with van der Waals surface area (Å²) in [5, 5.41) is 0. The molecular formula is C33H30. The van der Waals surface area contributed by atoms with Crippen LogP contribution in [0.3, 0.4) is 0 Å². The van der Waals surface area contributed by atoms with E-state index in [1.165, 1.54) is 53.5 Å². The lowest BCUT2D eigenvalue weighted by atomic mass is 9.65. The number of rotatable bonds is 2. The van der Waals surface area contributed by atoms with Gasteiger partial charge in [-0.25, -0.2) is 0 Å². The van der Waals surface area contributed by atoms with Gasteiger partial charge in [0.25, 0.3) is 0 Å². The maximum absolute atomic E-state index is 2.53. The van der Waals surface area contributed by atoms with Crippen molar-refractivity contribution in [1.82, 2.24) is 0 Å². The Hall–Kier alpha value is -3.12. The van der Waals surface area contributed by atoms with E-state index in [0.29, 0.717) is 5.92 Å². The first-order chi connectivity index (χ1) is 16.3. The van der Waals surface area contributed by atoms with E-state index in [9.17, 15) is 0 Å². The van der Waals surface area contributed by atoms with Crippen LogP contribution in [0.4, 0.5) is 0 Å². The molecule has 7 rings (SSSR count). The Morgan fingerprint density at radius 1 is 0.636 bits per heavy atom.